The standard InChI is InChI=1S/C13H22N2O/c1-13(2)6-10(13)12(16)15-5-3-4-9-7-14-8-11(9)15/h9-11,14H,3-8H2,1-2H3. The fourth-order valence-electron chi connectivity index (χ4n) is 3.43. The van der Waals surface area contributed by atoms with Crippen LogP contribution in [0.4, 0.5) is 0 Å². The molecule has 3 heteroatoms. The molecule has 0 spiro atoms. The maximum atomic E-state index is 12.4. The molecule has 0 bridgehead atoms. The van der Waals surface area contributed by atoms with E-state index in [0.717, 1.165) is 32.0 Å². The van der Waals surface area contributed by atoms with Gasteiger partial charge >= 0.3 is 0 Å². The van der Waals surface area contributed by atoms with E-state index in [1.165, 1.54) is 12.8 Å². The van der Waals surface area contributed by atoms with E-state index in [4.69, 9.17) is 0 Å². The van der Waals surface area contributed by atoms with Crippen LogP contribution in [0.1, 0.15) is 33.1 Å². The number of piperidine rings is 1. The van der Waals surface area contributed by atoms with E-state index in [1.54, 1.807) is 0 Å². The molecule has 3 atom stereocenters. The normalized spacial score (nSPS) is 40.6. The Morgan fingerprint density at radius 1 is 1.38 bits per heavy atom. The van der Waals surface area contributed by atoms with Crippen molar-refractivity contribution in [1.29, 1.82) is 0 Å². The molecule has 0 aromatic carbocycles. The topological polar surface area (TPSA) is 32.3 Å². The first-order valence-corrected chi connectivity index (χ1v) is 6.61. The fourth-order valence-corrected chi connectivity index (χ4v) is 3.43. The second-order valence-electron chi connectivity index (χ2n) is 6.40. The molecule has 90 valence electrons. The summed E-state index contributed by atoms with van der Waals surface area (Å²) < 4.78 is 0. The molecule has 3 rings (SSSR count). The third kappa shape index (κ3) is 1.56. The minimum atomic E-state index is 0.274. The molecule has 2 aliphatic heterocycles. The van der Waals surface area contributed by atoms with Crippen LogP contribution in [0.3, 0.4) is 0 Å². The van der Waals surface area contributed by atoms with E-state index >= 15 is 0 Å². The molecule has 3 unspecified atom stereocenters. The van der Waals surface area contributed by atoms with Gasteiger partial charge in [0.25, 0.3) is 0 Å². The summed E-state index contributed by atoms with van der Waals surface area (Å²) in [7, 11) is 0. The number of likely N-dealkylation sites (tertiary alicyclic amines) is 1. The van der Waals surface area contributed by atoms with Gasteiger partial charge in [-0.2, -0.15) is 0 Å². The van der Waals surface area contributed by atoms with E-state index in [-0.39, 0.29) is 5.41 Å². The molecule has 3 fully saturated rings. The summed E-state index contributed by atoms with van der Waals surface area (Å²) in [6.07, 6.45) is 3.59. The van der Waals surface area contributed by atoms with Crippen molar-refractivity contribution >= 4 is 5.91 Å². The van der Waals surface area contributed by atoms with E-state index in [1.807, 2.05) is 0 Å². The number of carbonyl (C=O) groups excluding carboxylic acids is 1. The molecule has 1 aliphatic carbocycles. The molecular formula is C13H22N2O. The number of amides is 1. The first kappa shape index (κ1) is 10.6. The summed E-state index contributed by atoms with van der Waals surface area (Å²) in [5.41, 5.74) is 0.274. The van der Waals surface area contributed by atoms with Crippen LogP contribution >= 0.6 is 0 Å². The molecule has 16 heavy (non-hydrogen) atoms. The van der Waals surface area contributed by atoms with Crippen molar-refractivity contribution in [2.24, 2.45) is 17.3 Å². The number of hydrogen-bond donors (Lipinski definition) is 1. The van der Waals surface area contributed by atoms with Gasteiger partial charge in [0.2, 0.25) is 5.91 Å². The van der Waals surface area contributed by atoms with Gasteiger partial charge in [-0.1, -0.05) is 13.8 Å². The lowest BCUT2D eigenvalue weighted by atomic mass is 9.91. The monoisotopic (exact) mass is 222 g/mol. The third-order valence-electron chi connectivity index (χ3n) is 4.77. The van der Waals surface area contributed by atoms with E-state index in [2.05, 4.69) is 24.1 Å². The summed E-state index contributed by atoms with van der Waals surface area (Å²) in [4.78, 5) is 14.6. The molecule has 0 aromatic rings. The Bertz CT molecular complexity index is 313. The zero-order valence-electron chi connectivity index (χ0n) is 10.3. The SMILES string of the molecule is CC1(C)CC1C(=O)N1CCCC2CNCC21. The first-order valence-electron chi connectivity index (χ1n) is 6.61. The average Bonchev–Trinajstić information content (AvgIpc) is 2.71. The zero-order valence-corrected chi connectivity index (χ0v) is 10.3. The maximum absolute atomic E-state index is 12.4. The van der Waals surface area contributed by atoms with Crippen LogP contribution < -0.4 is 5.32 Å². The van der Waals surface area contributed by atoms with Crippen LogP contribution in [0.2, 0.25) is 0 Å². The Kier molecular flexibility index (Phi) is 2.29. The second-order valence-corrected chi connectivity index (χ2v) is 6.40. The molecular weight excluding hydrogens is 200 g/mol. The van der Waals surface area contributed by atoms with Crippen LogP contribution in [0.5, 0.6) is 0 Å². The first-order chi connectivity index (χ1) is 7.59. The Morgan fingerprint density at radius 2 is 2.12 bits per heavy atom. The molecule has 2 heterocycles. The fraction of sp³-hybridized carbons (Fsp3) is 0.923. The van der Waals surface area contributed by atoms with Gasteiger partial charge in [0.1, 0.15) is 0 Å². The molecule has 3 aliphatic rings. The molecule has 0 radical (unpaired) electrons. The Morgan fingerprint density at radius 3 is 2.81 bits per heavy atom. The Labute approximate surface area is 97.6 Å². The van der Waals surface area contributed by atoms with Gasteiger partial charge in [0, 0.05) is 31.6 Å². The predicted molar refractivity (Wildman–Crippen MR) is 63.0 cm³/mol. The summed E-state index contributed by atoms with van der Waals surface area (Å²) in [6.45, 7) is 7.55. The maximum Gasteiger partial charge on any atom is 0.226 e. The number of rotatable bonds is 1. The van der Waals surface area contributed by atoms with Gasteiger partial charge in [-0.3, -0.25) is 4.79 Å². The van der Waals surface area contributed by atoms with E-state index in [9.17, 15) is 4.79 Å². The van der Waals surface area contributed by atoms with Crippen LogP contribution in [0, 0.1) is 17.3 Å². The Hall–Kier alpha value is -0.570. The number of nitrogens with zero attached hydrogens (tertiary/aromatic N) is 1. The largest absolute Gasteiger partial charge is 0.338 e. The van der Waals surface area contributed by atoms with Gasteiger partial charge in [-0.05, 0) is 30.6 Å². The van der Waals surface area contributed by atoms with Crippen LogP contribution in [0.15, 0.2) is 0 Å². The van der Waals surface area contributed by atoms with Gasteiger partial charge in [0.05, 0.1) is 0 Å². The molecule has 3 nitrogen and oxygen atoms in total. The van der Waals surface area contributed by atoms with Crippen molar-refractivity contribution < 1.29 is 4.79 Å². The minimum Gasteiger partial charge on any atom is -0.338 e. The minimum absolute atomic E-state index is 0.274. The number of hydrogen-bond acceptors (Lipinski definition) is 2. The van der Waals surface area contributed by atoms with Crippen molar-refractivity contribution in [3.63, 3.8) is 0 Å². The van der Waals surface area contributed by atoms with Crippen LogP contribution in [-0.4, -0.2) is 36.5 Å². The molecule has 1 N–H and O–H groups in total. The summed E-state index contributed by atoms with van der Waals surface area (Å²) in [6, 6.07) is 0.498. The lowest BCUT2D eigenvalue weighted by molar-refractivity contribution is -0.137. The van der Waals surface area contributed by atoms with Gasteiger partial charge in [-0.15, -0.1) is 0 Å². The highest BCUT2D eigenvalue weighted by Crippen LogP contribution is 2.53. The van der Waals surface area contributed by atoms with E-state index in [0.29, 0.717) is 17.9 Å². The Balaban J connectivity index is 1.71. The lowest BCUT2D eigenvalue weighted by Crippen LogP contribution is -2.49. The highest BCUT2D eigenvalue weighted by Gasteiger charge is 2.53. The van der Waals surface area contributed by atoms with Gasteiger partial charge in [-0.25, -0.2) is 0 Å². The van der Waals surface area contributed by atoms with Crippen molar-refractivity contribution in [2.45, 2.75) is 39.2 Å². The lowest BCUT2D eigenvalue weighted by Gasteiger charge is -2.37. The number of fused-ring (bicyclic) bond motifs is 1. The van der Waals surface area contributed by atoms with E-state index < -0.39 is 0 Å². The predicted octanol–water partition coefficient (Wildman–Crippen LogP) is 1.24. The number of nitrogens with one attached hydrogen (secondary N) is 1. The van der Waals surface area contributed by atoms with Crippen LogP contribution in [-0.2, 0) is 4.79 Å². The summed E-state index contributed by atoms with van der Waals surface area (Å²) in [5, 5.41) is 3.44. The van der Waals surface area contributed by atoms with Gasteiger partial charge in [0.15, 0.2) is 0 Å². The smallest absolute Gasteiger partial charge is 0.226 e. The third-order valence-corrected chi connectivity index (χ3v) is 4.77. The molecule has 0 aromatic heterocycles. The van der Waals surface area contributed by atoms with Crippen LogP contribution in [0.25, 0.3) is 0 Å². The highest BCUT2D eigenvalue weighted by atomic mass is 16.2. The zero-order chi connectivity index (χ0) is 11.3. The second kappa shape index (κ2) is 3.46. The number of carbonyl (C=O) groups is 1. The van der Waals surface area contributed by atoms with Crippen molar-refractivity contribution in [3.05, 3.63) is 0 Å². The summed E-state index contributed by atoms with van der Waals surface area (Å²) in [5.74, 6) is 1.47. The molecule has 1 amide bonds. The highest BCUT2D eigenvalue weighted by molar-refractivity contribution is 5.83. The van der Waals surface area contributed by atoms with Crippen molar-refractivity contribution in [1.82, 2.24) is 10.2 Å². The van der Waals surface area contributed by atoms with Crippen molar-refractivity contribution in [3.8, 4) is 0 Å². The van der Waals surface area contributed by atoms with Gasteiger partial charge < -0.3 is 10.2 Å². The molecule has 2 saturated heterocycles. The molecule has 1 saturated carbocycles. The summed E-state index contributed by atoms with van der Waals surface area (Å²) >= 11 is 0. The average molecular weight is 222 g/mol. The quantitative estimate of drug-likeness (QED) is 0.724. The van der Waals surface area contributed by atoms with Crippen molar-refractivity contribution in [2.75, 3.05) is 19.6 Å².